The van der Waals surface area contributed by atoms with E-state index in [1.54, 1.807) is 25.1 Å². The largest absolute Gasteiger partial charge is 0.454 e. The van der Waals surface area contributed by atoms with Crippen LogP contribution >= 0.6 is 11.3 Å². The molecule has 4 rings (SSSR count). The van der Waals surface area contributed by atoms with Crippen LogP contribution in [0.25, 0.3) is 0 Å². The first-order valence-electron chi connectivity index (χ1n) is 8.98. The fourth-order valence-corrected chi connectivity index (χ4v) is 5.27. The number of ether oxygens (including phenoxy) is 2. The fourth-order valence-electron chi connectivity index (χ4n) is 3.23. The zero-order valence-electron chi connectivity index (χ0n) is 15.3. The van der Waals surface area contributed by atoms with E-state index in [4.69, 9.17) is 9.47 Å². The molecule has 150 valence electrons. The predicted molar refractivity (Wildman–Crippen MR) is 103 cm³/mol. The Hall–Kier alpha value is -2.24. The van der Waals surface area contributed by atoms with Crippen molar-refractivity contribution >= 4 is 33.0 Å². The Bertz CT molecular complexity index is 991. The number of hydrogen-bond donors (Lipinski definition) is 1. The Balaban J connectivity index is 1.44. The van der Waals surface area contributed by atoms with Crippen LogP contribution in [0.3, 0.4) is 0 Å². The molecule has 0 aliphatic carbocycles. The van der Waals surface area contributed by atoms with Crippen LogP contribution in [0.2, 0.25) is 0 Å². The summed E-state index contributed by atoms with van der Waals surface area (Å²) in [6.45, 7) is 2.72. The molecule has 1 aromatic heterocycles. The van der Waals surface area contributed by atoms with Crippen LogP contribution in [0.15, 0.2) is 18.2 Å². The molecule has 0 spiro atoms. The average Bonchev–Trinajstić information content (AvgIpc) is 3.37. The monoisotopic (exact) mass is 424 g/mol. The molecule has 1 N–H and O–H groups in total. The number of amides is 1. The molecule has 1 atom stereocenters. The molecule has 0 saturated carbocycles. The molecule has 1 aromatic carbocycles. The van der Waals surface area contributed by atoms with Gasteiger partial charge in [-0.15, -0.1) is 10.2 Å². The third kappa shape index (κ3) is 3.82. The Morgan fingerprint density at radius 1 is 1.32 bits per heavy atom. The summed E-state index contributed by atoms with van der Waals surface area (Å²) in [4.78, 5) is 12.5. The molecule has 11 heteroatoms. The molecular formula is C17H20N4O5S2. The lowest BCUT2D eigenvalue weighted by Crippen LogP contribution is -2.39. The average molecular weight is 425 g/mol. The molecule has 2 aliphatic heterocycles. The number of sulfonamides is 1. The number of fused-ring (bicyclic) bond motifs is 1. The van der Waals surface area contributed by atoms with E-state index in [0.717, 1.165) is 12.8 Å². The number of aromatic nitrogens is 2. The van der Waals surface area contributed by atoms with Crippen LogP contribution in [0.4, 0.5) is 5.69 Å². The van der Waals surface area contributed by atoms with Crippen molar-refractivity contribution < 1.29 is 22.7 Å². The third-order valence-electron chi connectivity index (χ3n) is 4.76. The van der Waals surface area contributed by atoms with Gasteiger partial charge in [-0.25, -0.2) is 12.7 Å². The van der Waals surface area contributed by atoms with Crippen molar-refractivity contribution in [2.45, 2.75) is 25.7 Å². The summed E-state index contributed by atoms with van der Waals surface area (Å²) >= 11 is 1.20. The summed E-state index contributed by atoms with van der Waals surface area (Å²) in [7, 11) is -3.23. The zero-order valence-corrected chi connectivity index (χ0v) is 16.9. The van der Waals surface area contributed by atoms with Crippen LogP contribution in [0, 0.1) is 0 Å². The van der Waals surface area contributed by atoms with Crippen molar-refractivity contribution in [3.8, 4) is 11.5 Å². The molecular weight excluding hydrogens is 404 g/mol. The summed E-state index contributed by atoms with van der Waals surface area (Å²) in [6.07, 6.45) is 1.59. The van der Waals surface area contributed by atoms with E-state index in [0.29, 0.717) is 35.3 Å². The molecule has 28 heavy (non-hydrogen) atoms. The standard InChI is InChI=1S/C17H20N4O5S2/c1-2-28(23,24)21-7-3-4-11(9-21)16-19-20-17(27-16)15(22)18-12-5-6-13-14(8-12)26-10-25-13/h5-6,8,11H,2-4,7,9-10H2,1H3,(H,18,22)/t11-/m0/s1. The second-order valence-electron chi connectivity index (χ2n) is 6.57. The summed E-state index contributed by atoms with van der Waals surface area (Å²) in [5.41, 5.74) is 0.573. The lowest BCUT2D eigenvalue weighted by atomic mass is 10.0. The molecule has 1 amide bonds. The number of piperidine rings is 1. The summed E-state index contributed by atoms with van der Waals surface area (Å²) < 4.78 is 36.3. The smallest absolute Gasteiger partial charge is 0.286 e. The van der Waals surface area contributed by atoms with Gasteiger partial charge in [-0.05, 0) is 31.9 Å². The maximum Gasteiger partial charge on any atom is 0.286 e. The molecule has 1 fully saturated rings. The van der Waals surface area contributed by atoms with E-state index >= 15 is 0 Å². The van der Waals surface area contributed by atoms with Gasteiger partial charge in [0.2, 0.25) is 21.8 Å². The minimum Gasteiger partial charge on any atom is -0.454 e. The molecule has 2 aliphatic rings. The highest BCUT2D eigenvalue weighted by Crippen LogP contribution is 2.35. The topological polar surface area (TPSA) is 111 Å². The minimum absolute atomic E-state index is 0.0420. The van der Waals surface area contributed by atoms with Gasteiger partial charge in [0, 0.05) is 30.8 Å². The molecule has 0 unspecified atom stereocenters. The summed E-state index contributed by atoms with van der Waals surface area (Å²) in [5.74, 6) is 0.894. The van der Waals surface area contributed by atoms with Gasteiger partial charge in [0.05, 0.1) is 5.75 Å². The van der Waals surface area contributed by atoms with Gasteiger partial charge in [-0.2, -0.15) is 0 Å². The van der Waals surface area contributed by atoms with Gasteiger partial charge in [-0.1, -0.05) is 11.3 Å². The number of rotatable bonds is 5. The summed E-state index contributed by atoms with van der Waals surface area (Å²) in [5, 5.41) is 11.8. The normalized spacial score (nSPS) is 19.5. The number of carbonyl (C=O) groups is 1. The van der Waals surface area contributed by atoms with E-state index in [2.05, 4.69) is 15.5 Å². The van der Waals surface area contributed by atoms with E-state index in [9.17, 15) is 13.2 Å². The number of nitrogens with zero attached hydrogens (tertiary/aromatic N) is 3. The maximum atomic E-state index is 12.5. The van der Waals surface area contributed by atoms with E-state index in [1.165, 1.54) is 15.6 Å². The SMILES string of the molecule is CCS(=O)(=O)N1CCC[C@H](c2nnc(C(=O)Nc3ccc4c(c3)OCO4)s2)C1. The molecule has 1 saturated heterocycles. The second-order valence-corrected chi connectivity index (χ2v) is 9.83. The van der Waals surface area contributed by atoms with Crippen molar-refractivity contribution in [1.29, 1.82) is 0 Å². The summed E-state index contributed by atoms with van der Waals surface area (Å²) in [6, 6.07) is 5.15. The minimum atomic E-state index is -3.23. The van der Waals surface area contributed by atoms with Crippen molar-refractivity contribution in [1.82, 2.24) is 14.5 Å². The van der Waals surface area contributed by atoms with Gasteiger partial charge in [0.25, 0.3) is 5.91 Å². The molecule has 0 bridgehead atoms. The van der Waals surface area contributed by atoms with Gasteiger partial charge < -0.3 is 14.8 Å². The number of carbonyl (C=O) groups excluding carboxylic acids is 1. The number of anilines is 1. The molecule has 0 radical (unpaired) electrons. The molecule has 3 heterocycles. The first kappa shape index (κ1) is 19.1. The Morgan fingerprint density at radius 2 is 2.14 bits per heavy atom. The molecule has 9 nitrogen and oxygen atoms in total. The number of hydrogen-bond acceptors (Lipinski definition) is 8. The van der Waals surface area contributed by atoms with Crippen LogP contribution in [0.5, 0.6) is 11.5 Å². The van der Waals surface area contributed by atoms with Crippen molar-refractivity contribution in [3.05, 3.63) is 28.2 Å². The van der Waals surface area contributed by atoms with Gasteiger partial charge in [0.15, 0.2) is 11.5 Å². The molecule has 2 aromatic rings. The third-order valence-corrected chi connectivity index (χ3v) is 7.69. The Labute approximate surface area is 166 Å². The van der Waals surface area contributed by atoms with Gasteiger partial charge >= 0.3 is 0 Å². The van der Waals surface area contributed by atoms with E-state index in [1.807, 2.05) is 0 Å². The number of benzene rings is 1. The first-order valence-corrected chi connectivity index (χ1v) is 11.4. The van der Waals surface area contributed by atoms with Gasteiger partial charge in [-0.3, -0.25) is 4.79 Å². The van der Waals surface area contributed by atoms with Crippen LogP contribution in [0.1, 0.15) is 40.5 Å². The van der Waals surface area contributed by atoms with Crippen LogP contribution in [-0.2, 0) is 10.0 Å². The van der Waals surface area contributed by atoms with Gasteiger partial charge in [0.1, 0.15) is 5.01 Å². The predicted octanol–water partition coefficient (Wildman–Crippen LogP) is 2.05. The van der Waals surface area contributed by atoms with Crippen molar-refractivity contribution in [2.24, 2.45) is 0 Å². The number of nitrogens with one attached hydrogen (secondary N) is 1. The maximum absolute atomic E-state index is 12.5. The fraction of sp³-hybridized carbons (Fsp3) is 0.471. The highest BCUT2D eigenvalue weighted by molar-refractivity contribution is 7.89. The first-order chi connectivity index (χ1) is 13.5. The lowest BCUT2D eigenvalue weighted by Gasteiger charge is -2.30. The zero-order chi connectivity index (χ0) is 19.7. The lowest BCUT2D eigenvalue weighted by molar-refractivity contribution is 0.102. The quantitative estimate of drug-likeness (QED) is 0.782. The Morgan fingerprint density at radius 3 is 2.96 bits per heavy atom. The van der Waals surface area contributed by atoms with E-state index < -0.39 is 10.0 Å². The van der Waals surface area contributed by atoms with Crippen molar-refractivity contribution in [3.63, 3.8) is 0 Å². The highest BCUT2D eigenvalue weighted by Gasteiger charge is 2.31. The van der Waals surface area contributed by atoms with Crippen molar-refractivity contribution in [2.75, 3.05) is 31.0 Å². The van der Waals surface area contributed by atoms with Crippen LogP contribution in [-0.4, -0.2) is 54.5 Å². The van der Waals surface area contributed by atoms with E-state index in [-0.39, 0.29) is 29.4 Å². The Kier molecular flexibility index (Phi) is 5.21. The van der Waals surface area contributed by atoms with Crippen LogP contribution < -0.4 is 14.8 Å². The highest BCUT2D eigenvalue weighted by atomic mass is 32.2. The second kappa shape index (κ2) is 7.64.